The number of amides is 1. The lowest BCUT2D eigenvalue weighted by Crippen LogP contribution is -2.14. The molecule has 1 aromatic carbocycles. The van der Waals surface area contributed by atoms with Gasteiger partial charge < -0.3 is 14.9 Å². The number of rotatable bonds is 6. The highest BCUT2D eigenvalue weighted by molar-refractivity contribution is 6.12. The fraction of sp³-hybridized carbons (Fsp3) is 0.364. The lowest BCUT2D eigenvalue weighted by atomic mass is 10.00. The van der Waals surface area contributed by atoms with E-state index in [2.05, 4.69) is 15.5 Å². The van der Waals surface area contributed by atoms with Gasteiger partial charge in [0.1, 0.15) is 0 Å². The summed E-state index contributed by atoms with van der Waals surface area (Å²) in [7, 11) is 0. The maximum Gasteiger partial charge on any atom is 0.310 e. The molecule has 150 valence electrons. The first-order valence-corrected chi connectivity index (χ1v) is 9.79. The van der Waals surface area contributed by atoms with Crippen LogP contribution in [0, 0.1) is 0 Å². The van der Waals surface area contributed by atoms with Crippen molar-refractivity contribution >= 4 is 28.7 Å². The highest BCUT2D eigenvalue weighted by Crippen LogP contribution is 2.41. The molecule has 0 bridgehead atoms. The Labute approximate surface area is 168 Å². The van der Waals surface area contributed by atoms with Gasteiger partial charge in [-0.05, 0) is 49.4 Å². The van der Waals surface area contributed by atoms with Gasteiger partial charge in [-0.3, -0.25) is 9.59 Å². The van der Waals surface area contributed by atoms with Crippen LogP contribution in [0.25, 0.3) is 11.1 Å². The Balaban J connectivity index is 1.72. The second-order valence-electron chi connectivity index (χ2n) is 7.91. The molecule has 1 aliphatic carbocycles. The summed E-state index contributed by atoms with van der Waals surface area (Å²) in [6.07, 6.45) is 2.11. The van der Waals surface area contributed by atoms with E-state index >= 15 is 0 Å². The van der Waals surface area contributed by atoms with Crippen molar-refractivity contribution in [1.29, 1.82) is 0 Å². The third-order valence-electron chi connectivity index (χ3n) is 5.29. The number of carbonyl (C=O) groups excluding carboxylic acids is 1. The second kappa shape index (κ2) is 7.31. The zero-order valence-electron chi connectivity index (χ0n) is 16.6. The Kier molecular flexibility index (Phi) is 4.82. The van der Waals surface area contributed by atoms with E-state index in [0.717, 1.165) is 18.5 Å². The van der Waals surface area contributed by atoms with Crippen molar-refractivity contribution in [3.05, 3.63) is 52.8 Å². The van der Waals surface area contributed by atoms with E-state index in [4.69, 9.17) is 4.52 Å². The van der Waals surface area contributed by atoms with Gasteiger partial charge in [-0.1, -0.05) is 31.1 Å². The minimum atomic E-state index is -0.913. The summed E-state index contributed by atoms with van der Waals surface area (Å²) in [5, 5.41) is 16.9. The smallest absolute Gasteiger partial charge is 0.310 e. The van der Waals surface area contributed by atoms with Crippen LogP contribution >= 0.6 is 0 Å². The number of carboxylic acid groups (broad SMARTS) is 1. The molecule has 0 saturated heterocycles. The fourth-order valence-corrected chi connectivity index (χ4v) is 3.38. The predicted molar refractivity (Wildman–Crippen MR) is 108 cm³/mol. The first-order chi connectivity index (χ1) is 13.8. The van der Waals surface area contributed by atoms with E-state index < -0.39 is 11.9 Å². The molecule has 0 aliphatic heterocycles. The third-order valence-corrected chi connectivity index (χ3v) is 5.29. The number of aliphatic carboxylic acids is 1. The lowest BCUT2D eigenvalue weighted by molar-refractivity contribution is -0.138. The van der Waals surface area contributed by atoms with Crippen LogP contribution in [0.3, 0.4) is 0 Å². The maximum absolute atomic E-state index is 13.2. The summed E-state index contributed by atoms with van der Waals surface area (Å²) in [5.41, 5.74) is 3.59. The fourth-order valence-electron chi connectivity index (χ4n) is 3.38. The van der Waals surface area contributed by atoms with Crippen molar-refractivity contribution in [2.24, 2.45) is 0 Å². The zero-order chi connectivity index (χ0) is 20.7. The average molecular weight is 393 g/mol. The molecule has 1 saturated carbocycles. The molecule has 1 fully saturated rings. The van der Waals surface area contributed by atoms with Crippen LogP contribution in [-0.4, -0.2) is 27.1 Å². The molecular formula is C22H23N3O4. The Hall–Kier alpha value is -3.22. The molecule has 0 spiro atoms. The number of carbonyl (C=O) groups is 2. The Bertz CT molecular complexity index is 1100. The predicted octanol–water partition coefficient (Wildman–Crippen LogP) is 4.66. The Morgan fingerprint density at radius 2 is 1.97 bits per heavy atom. The van der Waals surface area contributed by atoms with Crippen molar-refractivity contribution in [2.45, 2.75) is 51.4 Å². The number of nitrogens with one attached hydrogen (secondary N) is 1. The molecule has 1 atom stereocenters. The van der Waals surface area contributed by atoms with E-state index in [0.29, 0.717) is 39.5 Å². The summed E-state index contributed by atoms with van der Waals surface area (Å²) in [4.78, 5) is 29.0. The van der Waals surface area contributed by atoms with Gasteiger partial charge in [0.15, 0.2) is 0 Å². The van der Waals surface area contributed by atoms with Crippen LogP contribution in [0.1, 0.15) is 78.7 Å². The monoisotopic (exact) mass is 393 g/mol. The number of carboxylic acids is 1. The highest BCUT2D eigenvalue weighted by atomic mass is 16.5. The van der Waals surface area contributed by atoms with Gasteiger partial charge >= 0.3 is 5.97 Å². The van der Waals surface area contributed by atoms with E-state index in [1.807, 2.05) is 19.9 Å². The minimum Gasteiger partial charge on any atom is -0.481 e. The van der Waals surface area contributed by atoms with E-state index in [1.165, 1.54) is 0 Å². The lowest BCUT2D eigenvalue weighted by Gasteiger charge is -2.12. The number of hydrogen-bond donors (Lipinski definition) is 2. The van der Waals surface area contributed by atoms with Crippen LogP contribution in [0.4, 0.5) is 5.69 Å². The van der Waals surface area contributed by atoms with Gasteiger partial charge in [-0.15, -0.1) is 0 Å². The largest absolute Gasteiger partial charge is 0.481 e. The van der Waals surface area contributed by atoms with Crippen molar-refractivity contribution < 1.29 is 19.2 Å². The van der Waals surface area contributed by atoms with Crippen molar-refractivity contribution in [3.8, 4) is 0 Å². The molecule has 2 N–H and O–H groups in total. The number of hydrogen-bond acceptors (Lipinski definition) is 5. The zero-order valence-corrected chi connectivity index (χ0v) is 16.6. The van der Waals surface area contributed by atoms with Gasteiger partial charge in [0.05, 0.1) is 22.6 Å². The molecule has 2 heterocycles. The minimum absolute atomic E-state index is 0.0797. The molecule has 4 rings (SSSR count). The molecule has 3 aromatic rings. The van der Waals surface area contributed by atoms with Crippen LogP contribution in [0.2, 0.25) is 0 Å². The van der Waals surface area contributed by atoms with Crippen LogP contribution in [-0.2, 0) is 4.79 Å². The second-order valence-corrected chi connectivity index (χ2v) is 7.91. The van der Waals surface area contributed by atoms with Gasteiger partial charge in [0.2, 0.25) is 0 Å². The van der Waals surface area contributed by atoms with Crippen LogP contribution < -0.4 is 5.32 Å². The summed E-state index contributed by atoms with van der Waals surface area (Å²) in [5.74, 6) is -1.42. The molecule has 2 aromatic heterocycles. The van der Waals surface area contributed by atoms with Crippen molar-refractivity contribution in [2.75, 3.05) is 5.32 Å². The van der Waals surface area contributed by atoms with Gasteiger partial charge in [-0.25, -0.2) is 4.98 Å². The number of fused-ring (bicyclic) bond motifs is 1. The van der Waals surface area contributed by atoms with Gasteiger partial charge in [-0.2, -0.15) is 0 Å². The molecule has 1 aliphatic rings. The normalized spacial score (nSPS) is 14.9. The SMILES string of the molecule is CC(C)c1noc2nc(C3CC3)cc(C(=O)Nc3cccc(C(C)C(=O)O)c3)c12. The molecule has 1 amide bonds. The molecule has 1 unspecified atom stereocenters. The van der Waals surface area contributed by atoms with E-state index in [9.17, 15) is 14.7 Å². The third kappa shape index (κ3) is 3.72. The first kappa shape index (κ1) is 19.1. The van der Waals surface area contributed by atoms with E-state index in [1.54, 1.807) is 31.2 Å². The molecule has 29 heavy (non-hydrogen) atoms. The molecule has 0 radical (unpaired) electrons. The molecular weight excluding hydrogens is 370 g/mol. The molecule has 7 nitrogen and oxygen atoms in total. The topological polar surface area (TPSA) is 105 Å². The van der Waals surface area contributed by atoms with Gasteiger partial charge in [0.25, 0.3) is 11.6 Å². The van der Waals surface area contributed by atoms with Crippen molar-refractivity contribution in [1.82, 2.24) is 10.1 Å². The average Bonchev–Trinajstić information content (AvgIpc) is 3.45. The number of aromatic nitrogens is 2. The number of pyridine rings is 1. The first-order valence-electron chi connectivity index (χ1n) is 9.79. The number of nitrogens with zero attached hydrogens (tertiary/aromatic N) is 2. The Morgan fingerprint density at radius 1 is 1.21 bits per heavy atom. The summed E-state index contributed by atoms with van der Waals surface area (Å²) < 4.78 is 5.44. The summed E-state index contributed by atoms with van der Waals surface area (Å²) >= 11 is 0. The van der Waals surface area contributed by atoms with Crippen LogP contribution in [0.5, 0.6) is 0 Å². The van der Waals surface area contributed by atoms with Crippen molar-refractivity contribution in [3.63, 3.8) is 0 Å². The van der Waals surface area contributed by atoms with Gasteiger partial charge in [0, 0.05) is 17.3 Å². The molecule has 7 heteroatoms. The number of benzene rings is 1. The standard InChI is InChI=1S/C22H23N3O4/c1-11(2)19-18-16(10-17(13-7-8-13)24-21(18)29-25-19)20(26)23-15-6-4-5-14(9-15)12(3)22(27)28/h4-6,9-13H,7-8H2,1-3H3,(H,23,26)(H,27,28). The summed E-state index contributed by atoms with van der Waals surface area (Å²) in [6.45, 7) is 5.60. The Morgan fingerprint density at radius 3 is 2.62 bits per heavy atom. The highest BCUT2D eigenvalue weighted by Gasteiger charge is 2.29. The van der Waals surface area contributed by atoms with Crippen LogP contribution in [0.15, 0.2) is 34.9 Å². The quantitative estimate of drug-likeness (QED) is 0.631. The summed E-state index contributed by atoms with van der Waals surface area (Å²) in [6, 6.07) is 8.74. The number of anilines is 1. The maximum atomic E-state index is 13.2. The van der Waals surface area contributed by atoms with E-state index in [-0.39, 0.29) is 11.8 Å².